The number of likely N-dealkylation sites (tertiary alicyclic amines) is 1. The van der Waals surface area contributed by atoms with E-state index >= 15 is 0 Å². The van der Waals surface area contributed by atoms with Gasteiger partial charge in [0, 0.05) is 34.0 Å². The number of anilines is 1. The van der Waals surface area contributed by atoms with E-state index in [0.717, 1.165) is 28.4 Å². The van der Waals surface area contributed by atoms with Crippen LogP contribution in [0.15, 0.2) is 54.6 Å². The predicted molar refractivity (Wildman–Crippen MR) is 120 cm³/mol. The fraction of sp³-hybridized carbons (Fsp3) is 0.320. The molecule has 1 N–H and O–H groups in total. The Hall–Kier alpha value is -3.41. The van der Waals surface area contributed by atoms with Gasteiger partial charge in [-0.1, -0.05) is 30.4 Å². The Kier molecular flexibility index (Phi) is 4.65. The van der Waals surface area contributed by atoms with Crippen molar-refractivity contribution < 1.29 is 14.4 Å². The molecule has 3 atom stereocenters. The highest BCUT2D eigenvalue weighted by molar-refractivity contribution is 6.12. The molecule has 0 saturated carbocycles. The van der Waals surface area contributed by atoms with E-state index in [-0.39, 0.29) is 29.6 Å². The van der Waals surface area contributed by atoms with E-state index in [1.54, 1.807) is 6.92 Å². The number of benzene rings is 2. The molecule has 1 aliphatic heterocycles. The summed E-state index contributed by atoms with van der Waals surface area (Å²) in [7, 11) is 0. The van der Waals surface area contributed by atoms with Crippen LogP contribution in [0.4, 0.5) is 5.69 Å². The second-order valence-corrected chi connectivity index (χ2v) is 8.36. The van der Waals surface area contributed by atoms with Crippen LogP contribution in [0, 0.1) is 11.8 Å². The first-order valence-electron chi connectivity index (χ1n) is 10.8. The standard InChI is InChI=1S/C25H25N3O3/c1-3-27-21-11-7-6-8-17(21)20-14-16(12-13-22(20)27)26-23(29)15(2)28-24(30)18-9-4-5-10-19(18)25(28)31/h4-8,11-15,18-19H,3,9-10H2,1-2H3,(H,26,29). The number of nitrogens with one attached hydrogen (secondary N) is 1. The maximum absolute atomic E-state index is 13.0. The molecule has 158 valence electrons. The topological polar surface area (TPSA) is 71.4 Å². The summed E-state index contributed by atoms with van der Waals surface area (Å²) >= 11 is 0. The summed E-state index contributed by atoms with van der Waals surface area (Å²) in [6, 6.07) is 13.2. The molecule has 1 aromatic heterocycles. The molecule has 1 saturated heterocycles. The molecule has 5 rings (SSSR count). The SMILES string of the molecule is CCn1c2ccccc2c2cc(NC(=O)C(C)N3C(=O)C4CC=CCC4C3=O)ccc21. The molecule has 1 aliphatic carbocycles. The van der Waals surface area contributed by atoms with Crippen LogP contribution in [-0.2, 0) is 20.9 Å². The number of hydrogen-bond donors (Lipinski definition) is 1. The van der Waals surface area contributed by atoms with E-state index in [9.17, 15) is 14.4 Å². The van der Waals surface area contributed by atoms with Crippen molar-refractivity contribution in [3.05, 3.63) is 54.6 Å². The molecule has 0 spiro atoms. The van der Waals surface area contributed by atoms with Crippen LogP contribution in [0.25, 0.3) is 21.8 Å². The number of nitrogens with zero attached hydrogens (tertiary/aromatic N) is 2. The van der Waals surface area contributed by atoms with Gasteiger partial charge in [0.15, 0.2) is 0 Å². The number of rotatable bonds is 4. The van der Waals surface area contributed by atoms with Gasteiger partial charge in [-0.15, -0.1) is 0 Å². The molecule has 3 amide bonds. The molecular formula is C25H25N3O3. The van der Waals surface area contributed by atoms with Crippen molar-refractivity contribution in [3.8, 4) is 0 Å². The van der Waals surface area contributed by atoms with Gasteiger partial charge >= 0.3 is 0 Å². The lowest BCUT2D eigenvalue weighted by Crippen LogP contribution is -2.46. The number of allylic oxidation sites excluding steroid dienone is 2. The highest BCUT2D eigenvalue weighted by Crippen LogP contribution is 2.36. The van der Waals surface area contributed by atoms with Crippen LogP contribution in [-0.4, -0.2) is 33.2 Å². The Balaban J connectivity index is 1.42. The number of fused-ring (bicyclic) bond motifs is 4. The molecular weight excluding hydrogens is 390 g/mol. The minimum atomic E-state index is -0.849. The number of hydrogen-bond acceptors (Lipinski definition) is 3. The number of amides is 3. The summed E-state index contributed by atoms with van der Waals surface area (Å²) in [5.74, 6) is -1.48. The van der Waals surface area contributed by atoms with E-state index in [4.69, 9.17) is 0 Å². The third-order valence-electron chi connectivity index (χ3n) is 6.66. The Morgan fingerprint density at radius 2 is 1.65 bits per heavy atom. The number of carbonyl (C=O) groups is 3. The monoisotopic (exact) mass is 415 g/mol. The maximum atomic E-state index is 13.0. The van der Waals surface area contributed by atoms with Crippen LogP contribution in [0.2, 0.25) is 0 Å². The predicted octanol–water partition coefficient (Wildman–Crippen LogP) is 4.09. The van der Waals surface area contributed by atoms with Crippen LogP contribution in [0.1, 0.15) is 26.7 Å². The van der Waals surface area contributed by atoms with Crippen LogP contribution in [0.5, 0.6) is 0 Å². The van der Waals surface area contributed by atoms with Crippen molar-refractivity contribution in [2.24, 2.45) is 11.8 Å². The van der Waals surface area contributed by atoms with Gasteiger partial charge in [-0.25, -0.2) is 0 Å². The van der Waals surface area contributed by atoms with Gasteiger partial charge in [0.1, 0.15) is 6.04 Å². The van der Waals surface area contributed by atoms with Gasteiger partial charge in [-0.05, 0) is 51.0 Å². The van der Waals surface area contributed by atoms with Gasteiger partial charge in [0.25, 0.3) is 0 Å². The zero-order chi connectivity index (χ0) is 21.7. The summed E-state index contributed by atoms with van der Waals surface area (Å²) in [6.07, 6.45) is 5.03. The first-order chi connectivity index (χ1) is 15.0. The average Bonchev–Trinajstić information content (AvgIpc) is 3.24. The number of imide groups is 1. The van der Waals surface area contributed by atoms with Crippen LogP contribution >= 0.6 is 0 Å². The molecule has 6 heteroatoms. The van der Waals surface area contributed by atoms with Crippen molar-refractivity contribution in [3.63, 3.8) is 0 Å². The zero-order valence-electron chi connectivity index (χ0n) is 17.7. The molecule has 2 aromatic carbocycles. The Morgan fingerprint density at radius 3 is 2.32 bits per heavy atom. The Morgan fingerprint density at radius 1 is 1.00 bits per heavy atom. The highest BCUT2D eigenvalue weighted by atomic mass is 16.2. The third kappa shape index (κ3) is 2.97. The maximum Gasteiger partial charge on any atom is 0.247 e. The van der Waals surface area contributed by atoms with Crippen molar-refractivity contribution in [1.82, 2.24) is 9.47 Å². The lowest BCUT2D eigenvalue weighted by Gasteiger charge is -2.22. The number of aromatic nitrogens is 1. The molecule has 1 fully saturated rings. The van der Waals surface area contributed by atoms with E-state index in [1.807, 2.05) is 42.5 Å². The van der Waals surface area contributed by atoms with Gasteiger partial charge in [0.2, 0.25) is 17.7 Å². The zero-order valence-corrected chi connectivity index (χ0v) is 17.7. The molecule has 6 nitrogen and oxygen atoms in total. The Labute approximate surface area is 180 Å². The lowest BCUT2D eigenvalue weighted by atomic mass is 9.85. The molecule has 3 aromatic rings. The van der Waals surface area contributed by atoms with E-state index in [0.29, 0.717) is 18.5 Å². The number of aryl methyl sites for hydroxylation is 1. The van der Waals surface area contributed by atoms with Crippen molar-refractivity contribution in [2.75, 3.05) is 5.32 Å². The van der Waals surface area contributed by atoms with E-state index < -0.39 is 6.04 Å². The van der Waals surface area contributed by atoms with Crippen molar-refractivity contribution in [1.29, 1.82) is 0 Å². The smallest absolute Gasteiger partial charge is 0.247 e. The van der Waals surface area contributed by atoms with Gasteiger partial charge in [-0.3, -0.25) is 19.3 Å². The van der Waals surface area contributed by atoms with E-state index in [1.165, 1.54) is 4.90 Å². The van der Waals surface area contributed by atoms with Gasteiger partial charge in [0.05, 0.1) is 11.8 Å². The lowest BCUT2D eigenvalue weighted by molar-refractivity contribution is -0.146. The quantitative estimate of drug-likeness (QED) is 0.515. The fourth-order valence-corrected chi connectivity index (χ4v) is 5.04. The van der Waals surface area contributed by atoms with E-state index in [2.05, 4.69) is 28.9 Å². The third-order valence-corrected chi connectivity index (χ3v) is 6.66. The minimum Gasteiger partial charge on any atom is -0.341 e. The van der Waals surface area contributed by atoms with Crippen molar-refractivity contribution in [2.45, 2.75) is 39.3 Å². The summed E-state index contributed by atoms with van der Waals surface area (Å²) in [4.78, 5) is 39.7. The molecule has 2 heterocycles. The minimum absolute atomic E-state index is 0.233. The summed E-state index contributed by atoms with van der Waals surface area (Å²) < 4.78 is 2.25. The second kappa shape index (κ2) is 7.38. The molecule has 0 bridgehead atoms. The Bertz CT molecular complexity index is 1230. The molecule has 31 heavy (non-hydrogen) atoms. The fourth-order valence-electron chi connectivity index (χ4n) is 5.04. The van der Waals surface area contributed by atoms with Crippen molar-refractivity contribution >= 4 is 45.2 Å². The number of para-hydroxylation sites is 1. The summed E-state index contributed by atoms with van der Waals surface area (Å²) in [5.41, 5.74) is 2.92. The van der Waals surface area contributed by atoms with Gasteiger partial charge in [-0.2, -0.15) is 0 Å². The largest absolute Gasteiger partial charge is 0.341 e. The number of carbonyl (C=O) groups excluding carboxylic acids is 3. The molecule has 3 unspecified atom stereocenters. The molecule has 0 radical (unpaired) electrons. The first-order valence-corrected chi connectivity index (χ1v) is 10.8. The normalized spacial score (nSPS) is 21.7. The van der Waals surface area contributed by atoms with Gasteiger partial charge < -0.3 is 9.88 Å². The summed E-state index contributed by atoms with van der Waals surface area (Å²) in [6.45, 7) is 4.58. The second-order valence-electron chi connectivity index (χ2n) is 8.36. The summed E-state index contributed by atoms with van der Waals surface area (Å²) in [5, 5.41) is 5.11. The van der Waals surface area contributed by atoms with Crippen LogP contribution in [0.3, 0.4) is 0 Å². The first kappa shape index (κ1) is 19.5. The van der Waals surface area contributed by atoms with Crippen LogP contribution < -0.4 is 5.32 Å². The average molecular weight is 415 g/mol. The molecule has 2 aliphatic rings. The highest BCUT2D eigenvalue weighted by Gasteiger charge is 2.50.